The first-order valence-corrected chi connectivity index (χ1v) is 11.3. The molecule has 0 aliphatic heterocycles. The second-order valence-corrected chi connectivity index (χ2v) is 7.56. The zero-order valence-corrected chi connectivity index (χ0v) is 19.2. The standard InChI is InChI=1S/C27H31N3O3/c1-3-30(4-2)24-16-14-23(15-17-24)29-27(32)22-12-10-21(11-13-22)20-28-26(31)18-19-33-25-8-6-5-7-9-25/h5-17H,3-4,18-20H2,1-2H3,(H,28,31)(H,29,32). The highest BCUT2D eigenvalue weighted by atomic mass is 16.5. The van der Waals surface area contributed by atoms with E-state index in [9.17, 15) is 9.59 Å². The molecule has 3 rings (SSSR count). The Kier molecular flexibility index (Phi) is 8.88. The molecule has 6 nitrogen and oxygen atoms in total. The van der Waals surface area contributed by atoms with E-state index in [1.54, 1.807) is 12.1 Å². The summed E-state index contributed by atoms with van der Waals surface area (Å²) in [5, 5.41) is 5.80. The minimum atomic E-state index is -0.167. The molecule has 0 spiro atoms. The maximum absolute atomic E-state index is 12.6. The molecule has 0 heterocycles. The first-order chi connectivity index (χ1) is 16.1. The molecule has 3 aromatic carbocycles. The van der Waals surface area contributed by atoms with E-state index < -0.39 is 0 Å². The lowest BCUT2D eigenvalue weighted by Crippen LogP contribution is -2.24. The number of para-hydroxylation sites is 1. The van der Waals surface area contributed by atoms with E-state index in [1.807, 2.05) is 66.7 Å². The molecule has 0 aliphatic rings. The summed E-state index contributed by atoms with van der Waals surface area (Å²) >= 11 is 0. The molecule has 3 aromatic rings. The van der Waals surface area contributed by atoms with Gasteiger partial charge in [0.2, 0.25) is 5.91 Å². The highest BCUT2D eigenvalue weighted by Crippen LogP contribution is 2.18. The van der Waals surface area contributed by atoms with Gasteiger partial charge < -0.3 is 20.3 Å². The van der Waals surface area contributed by atoms with E-state index in [1.165, 1.54) is 0 Å². The van der Waals surface area contributed by atoms with Crippen LogP contribution in [-0.4, -0.2) is 31.5 Å². The maximum atomic E-state index is 12.6. The van der Waals surface area contributed by atoms with E-state index >= 15 is 0 Å². The number of hydrogen-bond acceptors (Lipinski definition) is 4. The number of hydrogen-bond donors (Lipinski definition) is 2. The van der Waals surface area contributed by atoms with Gasteiger partial charge in [-0.15, -0.1) is 0 Å². The maximum Gasteiger partial charge on any atom is 0.255 e. The van der Waals surface area contributed by atoms with Crippen molar-refractivity contribution in [2.45, 2.75) is 26.8 Å². The van der Waals surface area contributed by atoms with E-state index in [0.717, 1.165) is 35.8 Å². The third-order valence-electron chi connectivity index (χ3n) is 5.30. The number of ether oxygens (including phenoxy) is 1. The van der Waals surface area contributed by atoms with Crippen LogP contribution in [0.15, 0.2) is 78.9 Å². The highest BCUT2D eigenvalue weighted by molar-refractivity contribution is 6.04. The Balaban J connectivity index is 1.43. The summed E-state index contributed by atoms with van der Waals surface area (Å²) in [6.45, 7) is 6.85. The van der Waals surface area contributed by atoms with Crippen molar-refractivity contribution in [2.75, 3.05) is 29.9 Å². The molecule has 0 aliphatic carbocycles. The molecular formula is C27H31N3O3. The number of nitrogens with one attached hydrogen (secondary N) is 2. The normalized spacial score (nSPS) is 10.4. The number of benzene rings is 3. The average Bonchev–Trinajstić information content (AvgIpc) is 2.85. The molecule has 0 bridgehead atoms. The van der Waals surface area contributed by atoms with Gasteiger partial charge in [-0.05, 0) is 67.9 Å². The largest absolute Gasteiger partial charge is 0.493 e. The van der Waals surface area contributed by atoms with Gasteiger partial charge in [0.25, 0.3) is 5.91 Å². The fourth-order valence-electron chi connectivity index (χ4n) is 3.39. The van der Waals surface area contributed by atoms with E-state index in [4.69, 9.17) is 4.74 Å². The van der Waals surface area contributed by atoms with E-state index in [2.05, 4.69) is 29.4 Å². The van der Waals surface area contributed by atoms with Crippen molar-refractivity contribution in [3.63, 3.8) is 0 Å². The lowest BCUT2D eigenvalue weighted by molar-refractivity contribution is -0.121. The molecule has 0 fully saturated rings. The minimum absolute atomic E-state index is 0.0825. The molecule has 172 valence electrons. The van der Waals surface area contributed by atoms with Crippen LogP contribution in [0.1, 0.15) is 36.2 Å². The molecular weight excluding hydrogens is 414 g/mol. The van der Waals surface area contributed by atoms with Crippen molar-refractivity contribution < 1.29 is 14.3 Å². The van der Waals surface area contributed by atoms with Crippen LogP contribution in [0.5, 0.6) is 5.75 Å². The summed E-state index contributed by atoms with van der Waals surface area (Å²) in [6.07, 6.45) is 0.280. The van der Waals surface area contributed by atoms with Crippen LogP contribution in [0.4, 0.5) is 11.4 Å². The van der Waals surface area contributed by atoms with Gasteiger partial charge >= 0.3 is 0 Å². The Morgan fingerprint density at radius 1 is 0.848 bits per heavy atom. The first-order valence-electron chi connectivity index (χ1n) is 11.3. The Hall–Kier alpha value is -3.80. The molecule has 0 radical (unpaired) electrons. The molecule has 2 amide bonds. The Morgan fingerprint density at radius 2 is 1.52 bits per heavy atom. The van der Waals surface area contributed by atoms with Crippen LogP contribution in [0.2, 0.25) is 0 Å². The van der Waals surface area contributed by atoms with Gasteiger partial charge in [-0.2, -0.15) is 0 Å². The summed E-state index contributed by atoms with van der Waals surface area (Å²) in [5.41, 5.74) is 3.38. The topological polar surface area (TPSA) is 70.7 Å². The van der Waals surface area contributed by atoms with Crippen molar-refractivity contribution in [3.8, 4) is 5.75 Å². The number of carbonyl (C=O) groups excluding carboxylic acids is 2. The zero-order chi connectivity index (χ0) is 23.5. The summed E-state index contributed by atoms with van der Waals surface area (Å²) < 4.78 is 5.54. The second-order valence-electron chi connectivity index (χ2n) is 7.56. The minimum Gasteiger partial charge on any atom is -0.493 e. The van der Waals surface area contributed by atoms with Gasteiger partial charge in [-0.25, -0.2) is 0 Å². The lowest BCUT2D eigenvalue weighted by Gasteiger charge is -2.21. The predicted octanol–water partition coefficient (Wildman–Crippen LogP) is 4.87. The van der Waals surface area contributed by atoms with Crippen molar-refractivity contribution in [1.29, 1.82) is 0 Å². The van der Waals surface area contributed by atoms with Gasteiger partial charge in [0, 0.05) is 36.6 Å². The molecule has 0 saturated carbocycles. The quantitative estimate of drug-likeness (QED) is 0.442. The van der Waals surface area contributed by atoms with Gasteiger partial charge in [0.15, 0.2) is 0 Å². The number of nitrogens with zero attached hydrogens (tertiary/aromatic N) is 1. The van der Waals surface area contributed by atoms with Gasteiger partial charge in [0.05, 0.1) is 13.0 Å². The summed E-state index contributed by atoms with van der Waals surface area (Å²) in [7, 11) is 0. The Morgan fingerprint density at radius 3 is 2.15 bits per heavy atom. The summed E-state index contributed by atoms with van der Waals surface area (Å²) in [4.78, 5) is 26.8. The summed E-state index contributed by atoms with van der Waals surface area (Å²) in [6, 6.07) is 24.5. The summed E-state index contributed by atoms with van der Waals surface area (Å²) in [5.74, 6) is 0.499. The molecule has 0 saturated heterocycles. The zero-order valence-electron chi connectivity index (χ0n) is 19.2. The van der Waals surface area contributed by atoms with Gasteiger partial charge in [0.1, 0.15) is 5.75 Å². The molecule has 0 aromatic heterocycles. The van der Waals surface area contributed by atoms with Crippen molar-refractivity contribution in [2.24, 2.45) is 0 Å². The molecule has 33 heavy (non-hydrogen) atoms. The molecule has 0 unspecified atom stereocenters. The molecule has 6 heteroatoms. The van der Waals surface area contributed by atoms with Crippen molar-refractivity contribution >= 4 is 23.2 Å². The fraction of sp³-hybridized carbons (Fsp3) is 0.259. The average molecular weight is 446 g/mol. The number of rotatable bonds is 11. The Bertz CT molecular complexity index is 1010. The van der Waals surface area contributed by atoms with Gasteiger partial charge in [-0.3, -0.25) is 9.59 Å². The molecule has 0 atom stereocenters. The van der Waals surface area contributed by atoms with Crippen LogP contribution in [-0.2, 0) is 11.3 Å². The highest BCUT2D eigenvalue weighted by Gasteiger charge is 2.08. The van der Waals surface area contributed by atoms with E-state index in [0.29, 0.717) is 18.7 Å². The number of anilines is 2. The van der Waals surface area contributed by atoms with Gasteiger partial charge in [-0.1, -0.05) is 30.3 Å². The lowest BCUT2D eigenvalue weighted by atomic mass is 10.1. The van der Waals surface area contributed by atoms with Crippen LogP contribution in [0, 0.1) is 0 Å². The van der Waals surface area contributed by atoms with Crippen LogP contribution in [0.3, 0.4) is 0 Å². The fourth-order valence-corrected chi connectivity index (χ4v) is 3.39. The number of amides is 2. The first kappa shape index (κ1) is 23.9. The van der Waals surface area contributed by atoms with Crippen molar-refractivity contribution in [1.82, 2.24) is 5.32 Å². The third-order valence-corrected chi connectivity index (χ3v) is 5.30. The van der Waals surface area contributed by atoms with Crippen LogP contribution in [0.25, 0.3) is 0 Å². The Labute approximate surface area is 195 Å². The molecule has 2 N–H and O–H groups in total. The van der Waals surface area contributed by atoms with E-state index in [-0.39, 0.29) is 18.2 Å². The number of carbonyl (C=O) groups is 2. The van der Waals surface area contributed by atoms with Crippen molar-refractivity contribution in [3.05, 3.63) is 90.0 Å². The van der Waals surface area contributed by atoms with Crippen LogP contribution >= 0.6 is 0 Å². The monoisotopic (exact) mass is 445 g/mol. The third kappa shape index (κ3) is 7.38. The SMILES string of the molecule is CCN(CC)c1ccc(NC(=O)c2ccc(CNC(=O)CCOc3ccccc3)cc2)cc1. The van der Waals surface area contributed by atoms with Crippen LogP contribution < -0.4 is 20.3 Å². The smallest absolute Gasteiger partial charge is 0.255 e. The second kappa shape index (κ2) is 12.3. The predicted molar refractivity (Wildman–Crippen MR) is 133 cm³/mol.